The lowest BCUT2D eigenvalue weighted by molar-refractivity contribution is -0.126. The highest BCUT2D eigenvalue weighted by Gasteiger charge is 2.26. The molecule has 0 saturated carbocycles. The molecule has 1 aromatic heterocycles. The van der Waals surface area contributed by atoms with Crippen molar-refractivity contribution in [3.63, 3.8) is 0 Å². The van der Waals surface area contributed by atoms with E-state index in [2.05, 4.69) is 62.3 Å². The molecule has 0 spiro atoms. The number of carbonyl (C=O) groups is 1. The molecule has 1 amide bonds. The molecular formula is C20H25BrN4OS. The normalized spacial score (nSPS) is 16.2. The van der Waals surface area contributed by atoms with Crippen molar-refractivity contribution in [1.29, 1.82) is 0 Å². The third-order valence-corrected chi connectivity index (χ3v) is 6.32. The van der Waals surface area contributed by atoms with Crippen molar-refractivity contribution in [2.45, 2.75) is 49.1 Å². The summed E-state index contributed by atoms with van der Waals surface area (Å²) in [6.07, 6.45) is 2.68. The minimum atomic E-state index is 0.107. The largest absolute Gasteiger partial charge is 0.355 e. The van der Waals surface area contributed by atoms with Gasteiger partial charge >= 0.3 is 0 Å². The number of benzene rings is 1. The SMILES string of the molecule is CC[C@@H](C)NC(=O)C1CCN(c2ccc(Sc3ccc(Br)cc3)nn2)CC1. The molecule has 1 aromatic carbocycles. The second-order valence-electron chi connectivity index (χ2n) is 6.86. The van der Waals surface area contributed by atoms with Gasteiger partial charge in [0.05, 0.1) is 0 Å². The van der Waals surface area contributed by atoms with Crippen LogP contribution in [0.2, 0.25) is 0 Å². The maximum absolute atomic E-state index is 12.3. The van der Waals surface area contributed by atoms with Crippen molar-refractivity contribution in [2.24, 2.45) is 5.92 Å². The van der Waals surface area contributed by atoms with Crippen molar-refractivity contribution >= 4 is 39.4 Å². The Kier molecular flexibility index (Phi) is 7.13. The van der Waals surface area contributed by atoms with E-state index in [1.54, 1.807) is 11.8 Å². The number of aromatic nitrogens is 2. The maximum Gasteiger partial charge on any atom is 0.223 e. The molecule has 1 aliphatic heterocycles. The number of nitrogens with one attached hydrogen (secondary N) is 1. The quantitative estimate of drug-likeness (QED) is 0.703. The van der Waals surface area contributed by atoms with E-state index in [-0.39, 0.29) is 17.9 Å². The van der Waals surface area contributed by atoms with Gasteiger partial charge in [-0.1, -0.05) is 34.6 Å². The summed E-state index contributed by atoms with van der Waals surface area (Å²) in [5.41, 5.74) is 0. The molecule has 2 heterocycles. The van der Waals surface area contributed by atoms with Crippen LogP contribution in [0.5, 0.6) is 0 Å². The van der Waals surface area contributed by atoms with E-state index in [4.69, 9.17) is 0 Å². The van der Waals surface area contributed by atoms with Crippen LogP contribution in [0, 0.1) is 5.92 Å². The lowest BCUT2D eigenvalue weighted by Gasteiger charge is -2.32. The highest BCUT2D eigenvalue weighted by molar-refractivity contribution is 9.10. The van der Waals surface area contributed by atoms with Gasteiger partial charge < -0.3 is 10.2 Å². The summed E-state index contributed by atoms with van der Waals surface area (Å²) in [6.45, 7) is 5.82. The molecule has 3 rings (SSSR count). The molecule has 1 aliphatic rings. The zero-order valence-electron chi connectivity index (χ0n) is 15.7. The molecular weight excluding hydrogens is 424 g/mol. The minimum absolute atomic E-state index is 0.107. The Hall–Kier alpha value is -1.60. The summed E-state index contributed by atoms with van der Waals surface area (Å²) in [5, 5.41) is 12.7. The first-order valence-corrected chi connectivity index (χ1v) is 11.0. The summed E-state index contributed by atoms with van der Waals surface area (Å²) in [5.74, 6) is 1.18. The number of amides is 1. The average molecular weight is 449 g/mol. The number of anilines is 1. The Morgan fingerprint density at radius 3 is 2.52 bits per heavy atom. The Bertz CT molecular complexity index is 746. The van der Waals surface area contributed by atoms with Gasteiger partial charge in [-0.05, 0) is 62.6 Å². The molecule has 2 aromatic rings. The van der Waals surface area contributed by atoms with Gasteiger partial charge in [0.2, 0.25) is 5.91 Å². The number of halogens is 1. The molecule has 144 valence electrons. The fourth-order valence-corrected chi connectivity index (χ4v) is 3.99. The molecule has 1 N–H and O–H groups in total. The summed E-state index contributed by atoms with van der Waals surface area (Å²) in [7, 11) is 0. The molecule has 0 unspecified atom stereocenters. The molecule has 1 saturated heterocycles. The van der Waals surface area contributed by atoms with Crippen molar-refractivity contribution in [1.82, 2.24) is 15.5 Å². The minimum Gasteiger partial charge on any atom is -0.355 e. The van der Waals surface area contributed by atoms with Gasteiger partial charge in [0.1, 0.15) is 5.03 Å². The van der Waals surface area contributed by atoms with Crippen LogP contribution in [-0.2, 0) is 4.79 Å². The van der Waals surface area contributed by atoms with E-state index in [9.17, 15) is 4.79 Å². The third-order valence-electron chi connectivity index (χ3n) is 4.85. The first kappa shape index (κ1) is 20.1. The first-order valence-electron chi connectivity index (χ1n) is 9.37. The molecule has 0 bridgehead atoms. The van der Waals surface area contributed by atoms with Crippen molar-refractivity contribution < 1.29 is 4.79 Å². The van der Waals surface area contributed by atoms with Crippen LogP contribution in [0.15, 0.2) is 50.8 Å². The van der Waals surface area contributed by atoms with E-state index in [0.29, 0.717) is 0 Å². The monoisotopic (exact) mass is 448 g/mol. The van der Waals surface area contributed by atoms with Gasteiger partial charge in [-0.15, -0.1) is 10.2 Å². The number of hydrogen-bond acceptors (Lipinski definition) is 5. The molecule has 1 fully saturated rings. The molecule has 7 heteroatoms. The van der Waals surface area contributed by atoms with E-state index >= 15 is 0 Å². The average Bonchev–Trinajstić information content (AvgIpc) is 2.70. The van der Waals surface area contributed by atoms with Gasteiger partial charge in [-0.25, -0.2) is 0 Å². The van der Waals surface area contributed by atoms with Crippen LogP contribution in [0.4, 0.5) is 5.82 Å². The zero-order valence-corrected chi connectivity index (χ0v) is 18.1. The van der Waals surface area contributed by atoms with Crippen LogP contribution in [-0.4, -0.2) is 35.2 Å². The smallest absolute Gasteiger partial charge is 0.223 e. The molecule has 5 nitrogen and oxygen atoms in total. The second-order valence-corrected chi connectivity index (χ2v) is 8.87. The molecule has 0 aliphatic carbocycles. The topological polar surface area (TPSA) is 58.1 Å². The standard InChI is InChI=1S/C20H25BrN4OS/c1-3-14(2)22-20(26)15-10-12-25(13-11-15)18-8-9-19(24-23-18)27-17-6-4-16(21)5-7-17/h4-9,14-15H,3,10-13H2,1-2H3,(H,22,26)/t14-/m1/s1. The van der Waals surface area contributed by atoms with E-state index in [0.717, 1.165) is 52.6 Å². The molecule has 1 atom stereocenters. The Balaban J connectivity index is 1.52. The Morgan fingerprint density at radius 2 is 1.93 bits per heavy atom. The number of nitrogens with zero attached hydrogens (tertiary/aromatic N) is 3. The van der Waals surface area contributed by atoms with Crippen molar-refractivity contribution in [3.8, 4) is 0 Å². The lowest BCUT2D eigenvalue weighted by atomic mass is 9.95. The molecule has 0 radical (unpaired) electrons. The number of carbonyl (C=O) groups excluding carboxylic acids is 1. The predicted molar refractivity (Wildman–Crippen MR) is 113 cm³/mol. The summed E-state index contributed by atoms with van der Waals surface area (Å²) >= 11 is 5.04. The number of piperidine rings is 1. The lowest BCUT2D eigenvalue weighted by Crippen LogP contribution is -2.43. The summed E-state index contributed by atoms with van der Waals surface area (Å²) in [6, 6.07) is 12.4. The van der Waals surface area contributed by atoms with Gasteiger partial charge in [0.25, 0.3) is 0 Å². The van der Waals surface area contributed by atoms with Crippen LogP contribution < -0.4 is 10.2 Å². The van der Waals surface area contributed by atoms with Gasteiger partial charge in [0, 0.05) is 34.4 Å². The van der Waals surface area contributed by atoms with Gasteiger partial charge in [-0.3, -0.25) is 4.79 Å². The van der Waals surface area contributed by atoms with Crippen molar-refractivity contribution in [2.75, 3.05) is 18.0 Å². The first-order chi connectivity index (χ1) is 13.0. The number of rotatable bonds is 6. The summed E-state index contributed by atoms with van der Waals surface area (Å²) < 4.78 is 1.06. The van der Waals surface area contributed by atoms with E-state index < -0.39 is 0 Å². The van der Waals surface area contributed by atoms with Crippen LogP contribution in [0.3, 0.4) is 0 Å². The maximum atomic E-state index is 12.3. The Labute approximate surface area is 173 Å². The van der Waals surface area contributed by atoms with E-state index in [1.807, 2.05) is 24.3 Å². The second kappa shape index (κ2) is 9.55. The van der Waals surface area contributed by atoms with Crippen LogP contribution in [0.1, 0.15) is 33.1 Å². The van der Waals surface area contributed by atoms with Gasteiger partial charge in [0.15, 0.2) is 5.82 Å². The van der Waals surface area contributed by atoms with Crippen molar-refractivity contribution in [3.05, 3.63) is 40.9 Å². The Morgan fingerprint density at radius 1 is 1.22 bits per heavy atom. The highest BCUT2D eigenvalue weighted by atomic mass is 79.9. The fourth-order valence-electron chi connectivity index (χ4n) is 2.99. The highest BCUT2D eigenvalue weighted by Crippen LogP contribution is 2.28. The van der Waals surface area contributed by atoms with Crippen LogP contribution in [0.25, 0.3) is 0 Å². The van der Waals surface area contributed by atoms with Gasteiger partial charge in [-0.2, -0.15) is 0 Å². The fraction of sp³-hybridized carbons (Fsp3) is 0.450. The number of hydrogen-bond donors (Lipinski definition) is 1. The van der Waals surface area contributed by atoms with Crippen LogP contribution >= 0.6 is 27.7 Å². The van der Waals surface area contributed by atoms with E-state index in [1.165, 1.54) is 0 Å². The third kappa shape index (κ3) is 5.69. The predicted octanol–water partition coefficient (Wildman–Crippen LogP) is 4.52. The molecule has 27 heavy (non-hydrogen) atoms. The summed E-state index contributed by atoms with van der Waals surface area (Å²) in [4.78, 5) is 15.6. The zero-order chi connectivity index (χ0) is 19.2.